The van der Waals surface area contributed by atoms with Crippen molar-refractivity contribution in [2.45, 2.75) is 11.8 Å². The van der Waals surface area contributed by atoms with Crippen LogP contribution in [0.15, 0.2) is 41.6 Å². The molecule has 0 aliphatic rings. The molecule has 2 aromatic heterocycles. The molecular formula is C13H9ClFN3O2S. The van der Waals surface area contributed by atoms with Gasteiger partial charge in [0.1, 0.15) is 0 Å². The fourth-order valence-corrected chi connectivity index (χ4v) is 3.36. The van der Waals surface area contributed by atoms with Gasteiger partial charge >= 0.3 is 0 Å². The van der Waals surface area contributed by atoms with Crippen molar-refractivity contribution in [3.8, 4) is 0 Å². The van der Waals surface area contributed by atoms with Gasteiger partial charge in [0.05, 0.1) is 16.5 Å². The molecule has 21 heavy (non-hydrogen) atoms. The van der Waals surface area contributed by atoms with E-state index in [1.807, 2.05) is 6.92 Å². The second kappa shape index (κ2) is 4.78. The van der Waals surface area contributed by atoms with E-state index in [0.717, 1.165) is 21.9 Å². The first kappa shape index (κ1) is 14.0. The van der Waals surface area contributed by atoms with Gasteiger partial charge in [-0.05, 0) is 30.7 Å². The predicted molar refractivity (Wildman–Crippen MR) is 76.3 cm³/mol. The predicted octanol–water partition coefficient (Wildman–Crippen LogP) is 2.77. The smallest absolute Gasteiger partial charge is 0.226 e. The highest BCUT2D eigenvalue weighted by Gasteiger charge is 2.22. The first-order valence-corrected chi connectivity index (χ1v) is 7.73. The molecule has 0 saturated carbocycles. The SMILES string of the molecule is Cc1ccc(S(=O)(=O)n2cc(F)c3cnc(Cl)nc32)cc1. The minimum Gasteiger partial charge on any atom is -0.226 e. The first-order chi connectivity index (χ1) is 9.89. The summed E-state index contributed by atoms with van der Waals surface area (Å²) in [4.78, 5) is 7.50. The van der Waals surface area contributed by atoms with Gasteiger partial charge in [0.25, 0.3) is 10.0 Å². The second-order valence-electron chi connectivity index (χ2n) is 4.47. The number of rotatable bonds is 2. The first-order valence-electron chi connectivity index (χ1n) is 5.91. The van der Waals surface area contributed by atoms with Gasteiger partial charge in [0.2, 0.25) is 5.28 Å². The quantitative estimate of drug-likeness (QED) is 0.680. The highest BCUT2D eigenvalue weighted by atomic mass is 35.5. The minimum atomic E-state index is -3.95. The van der Waals surface area contributed by atoms with E-state index in [1.54, 1.807) is 12.1 Å². The number of fused-ring (bicyclic) bond motifs is 1. The van der Waals surface area contributed by atoms with Gasteiger partial charge in [-0.2, -0.15) is 4.98 Å². The molecule has 0 fully saturated rings. The Labute approximate surface area is 125 Å². The minimum absolute atomic E-state index is 0.00455. The van der Waals surface area contributed by atoms with Gasteiger partial charge < -0.3 is 0 Å². The summed E-state index contributed by atoms with van der Waals surface area (Å²) in [5.74, 6) is -0.725. The fraction of sp³-hybridized carbons (Fsp3) is 0.0769. The van der Waals surface area contributed by atoms with Gasteiger partial charge in [0.15, 0.2) is 11.5 Å². The van der Waals surface area contributed by atoms with Crippen molar-refractivity contribution in [1.29, 1.82) is 0 Å². The van der Waals surface area contributed by atoms with Crippen molar-refractivity contribution in [2.75, 3.05) is 0 Å². The van der Waals surface area contributed by atoms with Crippen LogP contribution in [-0.2, 0) is 10.0 Å². The fourth-order valence-electron chi connectivity index (χ4n) is 1.93. The number of nitrogens with zero attached hydrogens (tertiary/aromatic N) is 3. The molecule has 0 radical (unpaired) electrons. The number of halogens is 2. The van der Waals surface area contributed by atoms with Crippen LogP contribution in [-0.4, -0.2) is 22.4 Å². The zero-order valence-electron chi connectivity index (χ0n) is 10.8. The molecule has 0 spiro atoms. The average Bonchev–Trinajstić information content (AvgIpc) is 2.76. The Morgan fingerprint density at radius 1 is 1.24 bits per heavy atom. The Hall–Kier alpha value is -1.99. The van der Waals surface area contributed by atoms with E-state index in [1.165, 1.54) is 12.1 Å². The van der Waals surface area contributed by atoms with E-state index < -0.39 is 15.8 Å². The molecular weight excluding hydrogens is 317 g/mol. The standard InChI is InChI=1S/C13H9ClFN3O2S/c1-8-2-4-9(5-3-8)21(19,20)18-7-11(15)10-6-16-13(14)17-12(10)18/h2-7H,1H3. The summed E-state index contributed by atoms with van der Waals surface area (Å²) in [6, 6.07) is 6.24. The lowest BCUT2D eigenvalue weighted by Crippen LogP contribution is -2.12. The molecule has 8 heteroatoms. The van der Waals surface area contributed by atoms with Crippen LogP contribution in [0.2, 0.25) is 5.28 Å². The monoisotopic (exact) mass is 325 g/mol. The summed E-state index contributed by atoms with van der Waals surface area (Å²) in [6.45, 7) is 1.84. The average molecular weight is 326 g/mol. The highest BCUT2D eigenvalue weighted by Crippen LogP contribution is 2.24. The van der Waals surface area contributed by atoms with Gasteiger partial charge in [-0.1, -0.05) is 17.7 Å². The molecule has 3 rings (SSSR count). The molecule has 5 nitrogen and oxygen atoms in total. The molecule has 0 unspecified atom stereocenters. The number of hydrogen-bond acceptors (Lipinski definition) is 4. The summed E-state index contributed by atoms with van der Waals surface area (Å²) in [6.07, 6.45) is 2.02. The normalized spacial score (nSPS) is 12.0. The molecule has 108 valence electrons. The second-order valence-corrected chi connectivity index (χ2v) is 6.62. The number of aryl methyl sites for hydroxylation is 1. The van der Waals surface area contributed by atoms with Crippen molar-refractivity contribution >= 4 is 32.7 Å². The van der Waals surface area contributed by atoms with E-state index >= 15 is 0 Å². The number of benzene rings is 1. The molecule has 2 heterocycles. The van der Waals surface area contributed by atoms with Crippen LogP contribution in [0, 0.1) is 12.7 Å². The van der Waals surface area contributed by atoms with E-state index in [9.17, 15) is 12.8 Å². The highest BCUT2D eigenvalue weighted by molar-refractivity contribution is 7.90. The van der Waals surface area contributed by atoms with Crippen molar-refractivity contribution in [3.63, 3.8) is 0 Å². The summed E-state index contributed by atoms with van der Waals surface area (Å²) < 4.78 is 39.8. The maximum absolute atomic E-state index is 13.8. The van der Waals surface area contributed by atoms with Crippen LogP contribution in [0.5, 0.6) is 0 Å². The molecule has 0 aliphatic heterocycles. The molecule has 0 saturated heterocycles. The summed E-state index contributed by atoms with van der Waals surface area (Å²) in [7, 11) is -3.95. The van der Waals surface area contributed by atoms with E-state index in [4.69, 9.17) is 11.6 Å². The number of hydrogen-bond donors (Lipinski definition) is 0. The Balaban J connectivity index is 2.28. The Morgan fingerprint density at radius 2 is 1.90 bits per heavy atom. The third-order valence-electron chi connectivity index (χ3n) is 3.01. The van der Waals surface area contributed by atoms with E-state index in [0.29, 0.717) is 0 Å². The van der Waals surface area contributed by atoms with Crippen LogP contribution in [0.1, 0.15) is 5.56 Å². The van der Waals surface area contributed by atoms with Gasteiger partial charge in [-0.3, -0.25) is 0 Å². The Morgan fingerprint density at radius 3 is 2.57 bits per heavy atom. The van der Waals surface area contributed by atoms with Crippen LogP contribution < -0.4 is 0 Å². The van der Waals surface area contributed by atoms with Crippen molar-refractivity contribution in [1.82, 2.24) is 13.9 Å². The molecule has 0 atom stereocenters. The lowest BCUT2D eigenvalue weighted by atomic mass is 10.2. The van der Waals surface area contributed by atoms with Crippen LogP contribution >= 0.6 is 11.6 Å². The van der Waals surface area contributed by atoms with Crippen molar-refractivity contribution in [2.24, 2.45) is 0 Å². The van der Waals surface area contributed by atoms with Gasteiger partial charge in [0, 0.05) is 6.20 Å². The summed E-state index contributed by atoms with van der Waals surface area (Å²) in [5.41, 5.74) is 0.830. The van der Waals surface area contributed by atoms with Gasteiger partial charge in [-0.15, -0.1) is 0 Å². The van der Waals surface area contributed by atoms with Crippen LogP contribution in [0.25, 0.3) is 11.0 Å². The summed E-state index contributed by atoms with van der Waals surface area (Å²) in [5, 5.41) is -0.156. The lowest BCUT2D eigenvalue weighted by Gasteiger charge is -2.07. The zero-order valence-corrected chi connectivity index (χ0v) is 12.4. The molecule has 3 aromatic rings. The molecule has 0 N–H and O–H groups in total. The number of aromatic nitrogens is 3. The summed E-state index contributed by atoms with van der Waals surface area (Å²) >= 11 is 5.66. The van der Waals surface area contributed by atoms with Gasteiger partial charge in [-0.25, -0.2) is 21.8 Å². The third-order valence-corrected chi connectivity index (χ3v) is 4.86. The van der Waals surface area contributed by atoms with Crippen LogP contribution in [0.4, 0.5) is 4.39 Å². The van der Waals surface area contributed by atoms with Crippen LogP contribution in [0.3, 0.4) is 0 Å². The molecule has 0 bridgehead atoms. The van der Waals surface area contributed by atoms with Crippen molar-refractivity contribution in [3.05, 3.63) is 53.3 Å². The zero-order chi connectivity index (χ0) is 15.2. The topological polar surface area (TPSA) is 64.8 Å². The third kappa shape index (κ3) is 2.28. The van der Waals surface area contributed by atoms with E-state index in [-0.39, 0.29) is 21.2 Å². The van der Waals surface area contributed by atoms with E-state index in [2.05, 4.69) is 9.97 Å². The Kier molecular flexibility index (Phi) is 3.18. The maximum atomic E-state index is 13.8. The molecule has 0 amide bonds. The molecule has 0 aliphatic carbocycles. The molecule has 1 aromatic carbocycles. The largest absolute Gasteiger partial charge is 0.269 e. The maximum Gasteiger partial charge on any atom is 0.269 e. The lowest BCUT2D eigenvalue weighted by molar-refractivity contribution is 0.585. The Bertz CT molecular complexity index is 936. The van der Waals surface area contributed by atoms with Crippen molar-refractivity contribution < 1.29 is 12.8 Å².